The van der Waals surface area contributed by atoms with Gasteiger partial charge in [0.2, 0.25) is 0 Å². The Hall–Kier alpha value is -1.30. The van der Waals surface area contributed by atoms with Crippen LogP contribution >= 0.6 is 11.8 Å². The van der Waals surface area contributed by atoms with E-state index in [0.29, 0.717) is 12.4 Å². The van der Waals surface area contributed by atoms with E-state index in [1.165, 1.54) is 0 Å². The molecular weight excluding hydrogens is 250 g/mol. The Bertz CT molecular complexity index is 471. The first-order valence-corrected chi connectivity index (χ1v) is 7.04. The highest BCUT2D eigenvalue weighted by Crippen LogP contribution is 2.28. The molecule has 1 amide bonds. The summed E-state index contributed by atoms with van der Waals surface area (Å²) in [5.74, 6) is 0.627. The van der Waals surface area contributed by atoms with Crippen LogP contribution in [0.15, 0.2) is 11.1 Å². The number of rotatable bonds is 1. The molecule has 5 nitrogen and oxygen atoms in total. The monoisotopic (exact) mass is 267 g/mol. The number of nitrogens with zero attached hydrogens (tertiary/aromatic N) is 3. The quantitative estimate of drug-likeness (QED) is 0.732. The molecule has 2 rings (SSSR count). The summed E-state index contributed by atoms with van der Waals surface area (Å²) in [6.07, 6.45) is 2.40. The Balaban J connectivity index is 2.19. The number of anilines is 1. The van der Waals surface area contributed by atoms with Crippen LogP contribution in [0.3, 0.4) is 0 Å². The normalized spacial score (nSPS) is 14.6. The predicted octanol–water partition coefficient (Wildman–Crippen LogP) is 2.50. The van der Waals surface area contributed by atoms with Gasteiger partial charge in [0.15, 0.2) is 5.82 Å². The van der Waals surface area contributed by atoms with Crippen molar-refractivity contribution >= 4 is 23.7 Å². The van der Waals surface area contributed by atoms with Gasteiger partial charge in [0.25, 0.3) is 0 Å². The van der Waals surface area contributed by atoms with Gasteiger partial charge in [0.05, 0.1) is 0 Å². The first-order valence-electron chi connectivity index (χ1n) is 5.82. The molecule has 0 aliphatic carbocycles. The van der Waals surface area contributed by atoms with Crippen LogP contribution < -0.4 is 4.90 Å². The molecule has 1 aliphatic rings. The van der Waals surface area contributed by atoms with Gasteiger partial charge in [-0.1, -0.05) is 0 Å². The highest BCUT2D eigenvalue weighted by molar-refractivity contribution is 7.98. The van der Waals surface area contributed by atoms with Crippen molar-refractivity contribution in [1.82, 2.24) is 10.2 Å². The number of fused-ring (bicyclic) bond motifs is 1. The van der Waals surface area contributed by atoms with Gasteiger partial charge in [0.1, 0.15) is 10.6 Å². The molecule has 0 fully saturated rings. The second kappa shape index (κ2) is 4.76. The Morgan fingerprint density at radius 3 is 2.78 bits per heavy atom. The van der Waals surface area contributed by atoms with Crippen LogP contribution in [0, 0.1) is 0 Å². The number of hydrogen-bond donors (Lipinski definition) is 0. The summed E-state index contributed by atoms with van der Waals surface area (Å²) in [5.41, 5.74) is 0.562. The second-order valence-corrected chi connectivity index (χ2v) is 5.94. The fourth-order valence-electron chi connectivity index (χ4n) is 1.75. The van der Waals surface area contributed by atoms with Gasteiger partial charge in [-0.2, -0.15) is 0 Å². The van der Waals surface area contributed by atoms with Crippen molar-refractivity contribution in [3.05, 3.63) is 11.6 Å². The number of hydrogen-bond acceptors (Lipinski definition) is 5. The summed E-state index contributed by atoms with van der Waals surface area (Å²) in [6, 6.07) is 1.98. The first kappa shape index (κ1) is 13.1. The minimum absolute atomic E-state index is 0.354. The summed E-state index contributed by atoms with van der Waals surface area (Å²) in [7, 11) is 0. The third-order valence-corrected chi connectivity index (χ3v) is 3.13. The van der Waals surface area contributed by atoms with Crippen molar-refractivity contribution in [1.29, 1.82) is 0 Å². The molecule has 0 saturated carbocycles. The zero-order valence-corrected chi connectivity index (χ0v) is 11.9. The van der Waals surface area contributed by atoms with Crippen molar-refractivity contribution < 1.29 is 9.53 Å². The average molecular weight is 267 g/mol. The molecule has 0 N–H and O–H groups in total. The van der Waals surface area contributed by atoms with E-state index in [0.717, 1.165) is 17.0 Å². The maximum Gasteiger partial charge on any atom is 0.416 e. The van der Waals surface area contributed by atoms with Crippen LogP contribution in [0.1, 0.15) is 26.3 Å². The zero-order valence-electron chi connectivity index (χ0n) is 11.1. The van der Waals surface area contributed by atoms with E-state index in [4.69, 9.17) is 4.74 Å². The van der Waals surface area contributed by atoms with Crippen molar-refractivity contribution in [2.45, 2.75) is 37.8 Å². The fraction of sp³-hybridized carbons (Fsp3) is 0.583. The Kier molecular flexibility index (Phi) is 3.47. The van der Waals surface area contributed by atoms with E-state index in [1.807, 2.05) is 33.1 Å². The summed E-state index contributed by atoms with van der Waals surface area (Å²) in [5, 5.41) is 9.05. The lowest BCUT2D eigenvalue weighted by Gasteiger charge is -2.23. The third kappa shape index (κ3) is 2.75. The maximum absolute atomic E-state index is 12.0. The van der Waals surface area contributed by atoms with Gasteiger partial charge in [0, 0.05) is 12.1 Å². The van der Waals surface area contributed by atoms with E-state index in [1.54, 1.807) is 16.7 Å². The highest BCUT2D eigenvalue weighted by atomic mass is 32.2. The Labute approximate surface area is 111 Å². The largest absolute Gasteiger partial charge is 0.443 e. The van der Waals surface area contributed by atoms with E-state index < -0.39 is 5.60 Å². The predicted molar refractivity (Wildman–Crippen MR) is 71.1 cm³/mol. The van der Waals surface area contributed by atoms with Crippen molar-refractivity contribution in [2.75, 3.05) is 17.7 Å². The van der Waals surface area contributed by atoms with E-state index in [2.05, 4.69) is 10.2 Å². The van der Waals surface area contributed by atoms with Crippen LogP contribution in [0.2, 0.25) is 0 Å². The molecule has 6 heteroatoms. The summed E-state index contributed by atoms with van der Waals surface area (Å²) in [6.45, 7) is 6.16. The summed E-state index contributed by atoms with van der Waals surface area (Å²) in [4.78, 5) is 13.6. The minimum Gasteiger partial charge on any atom is -0.443 e. The molecule has 98 valence electrons. The maximum atomic E-state index is 12.0. The van der Waals surface area contributed by atoms with Crippen LogP contribution in [-0.4, -0.2) is 34.7 Å². The van der Waals surface area contributed by atoms with E-state index in [-0.39, 0.29) is 6.09 Å². The number of carbonyl (C=O) groups excluding carboxylic acids is 1. The molecule has 2 heterocycles. The average Bonchev–Trinajstić information content (AvgIpc) is 2.69. The highest BCUT2D eigenvalue weighted by Gasteiger charge is 2.30. The molecule has 18 heavy (non-hydrogen) atoms. The van der Waals surface area contributed by atoms with Crippen molar-refractivity contribution in [3.63, 3.8) is 0 Å². The van der Waals surface area contributed by atoms with Crippen LogP contribution in [0.5, 0.6) is 0 Å². The lowest BCUT2D eigenvalue weighted by Crippen LogP contribution is -2.36. The molecule has 0 atom stereocenters. The molecule has 1 aliphatic heterocycles. The molecule has 0 spiro atoms. The molecule has 0 radical (unpaired) electrons. The van der Waals surface area contributed by atoms with Gasteiger partial charge in [-0.05, 0) is 39.5 Å². The molecule has 0 unspecified atom stereocenters. The Morgan fingerprint density at radius 2 is 2.17 bits per heavy atom. The molecular formula is C12H17N3O2S. The van der Waals surface area contributed by atoms with Crippen molar-refractivity contribution in [2.24, 2.45) is 0 Å². The van der Waals surface area contributed by atoms with Gasteiger partial charge < -0.3 is 4.74 Å². The molecule has 0 bridgehead atoms. The lowest BCUT2D eigenvalue weighted by atomic mass is 10.2. The lowest BCUT2D eigenvalue weighted by molar-refractivity contribution is 0.0582. The molecule has 1 aromatic rings. The SMILES string of the molecule is CSc1cc2c(nn1)N(C(=O)OC(C)(C)C)CC2. The number of aromatic nitrogens is 2. The fourth-order valence-corrected chi connectivity index (χ4v) is 2.13. The number of ether oxygens (including phenoxy) is 1. The van der Waals surface area contributed by atoms with Crippen LogP contribution in [0.25, 0.3) is 0 Å². The van der Waals surface area contributed by atoms with Gasteiger partial charge in [-0.25, -0.2) is 4.79 Å². The van der Waals surface area contributed by atoms with Crippen LogP contribution in [-0.2, 0) is 11.2 Å². The molecule has 0 aromatic carbocycles. The van der Waals surface area contributed by atoms with E-state index in [9.17, 15) is 4.79 Å². The second-order valence-electron chi connectivity index (χ2n) is 5.12. The van der Waals surface area contributed by atoms with Gasteiger partial charge in [-0.3, -0.25) is 4.90 Å². The zero-order chi connectivity index (χ0) is 13.3. The molecule has 1 aromatic heterocycles. The molecule has 0 saturated heterocycles. The number of carbonyl (C=O) groups is 1. The first-order chi connectivity index (χ1) is 8.40. The van der Waals surface area contributed by atoms with Gasteiger partial charge in [-0.15, -0.1) is 22.0 Å². The topological polar surface area (TPSA) is 55.3 Å². The van der Waals surface area contributed by atoms with Gasteiger partial charge >= 0.3 is 6.09 Å². The summed E-state index contributed by atoms with van der Waals surface area (Å²) >= 11 is 1.55. The van der Waals surface area contributed by atoms with Crippen LogP contribution in [0.4, 0.5) is 10.6 Å². The number of amides is 1. The smallest absolute Gasteiger partial charge is 0.416 e. The number of thioether (sulfide) groups is 1. The third-order valence-electron chi connectivity index (χ3n) is 2.51. The van der Waals surface area contributed by atoms with E-state index >= 15 is 0 Å². The Morgan fingerprint density at radius 1 is 1.44 bits per heavy atom. The summed E-state index contributed by atoms with van der Waals surface area (Å²) < 4.78 is 5.35. The standard InChI is InChI=1S/C12H17N3O2S/c1-12(2,3)17-11(16)15-6-5-8-7-9(18-4)13-14-10(8)15/h7H,5-6H2,1-4H3. The van der Waals surface area contributed by atoms with Crippen molar-refractivity contribution in [3.8, 4) is 0 Å². The minimum atomic E-state index is -0.494.